The molecule has 0 saturated heterocycles. The number of nitrogens with one attached hydrogen (secondary N) is 2. The van der Waals surface area contributed by atoms with Crippen molar-refractivity contribution in [2.75, 3.05) is 25.3 Å². The number of amides is 1. The first-order chi connectivity index (χ1) is 12.9. The lowest BCUT2D eigenvalue weighted by Crippen LogP contribution is -2.14. The zero-order valence-corrected chi connectivity index (χ0v) is 16.1. The van der Waals surface area contributed by atoms with Gasteiger partial charge in [-0.1, -0.05) is 11.8 Å². The van der Waals surface area contributed by atoms with Crippen LogP contribution in [0.3, 0.4) is 0 Å². The third-order valence-electron chi connectivity index (χ3n) is 3.81. The fourth-order valence-electron chi connectivity index (χ4n) is 2.53. The van der Waals surface area contributed by atoms with Gasteiger partial charge in [0.2, 0.25) is 5.91 Å². The number of imidazole rings is 1. The number of nitrogens with zero attached hydrogens (tertiary/aromatic N) is 3. The SMILES string of the molecule is COc1ccc(NC(=O)CSc2nc3c(=O)[nH]c(C)nc3n2C)cc1OC. The summed E-state index contributed by atoms with van der Waals surface area (Å²) in [4.78, 5) is 35.4. The minimum atomic E-state index is -0.297. The molecule has 0 bridgehead atoms. The van der Waals surface area contributed by atoms with Crippen LogP contribution in [0.15, 0.2) is 28.2 Å². The lowest BCUT2D eigenvalue weighted by molar-refractivity contribution is -0.113. The zero-order chi connectivity index (χ0) is 19.6. The molecule has 0 spiro atoms. The standard InChI is InChI=1S/C17H19N5O4S/c1-9-18-15-14(16(24)19-9)21-17(22(15)2)27-8-13(23)20-10-5-6-11(25-3)12(7-10)26-4/h5-7H,8H2,1-4H3,(H,20,23)(H,18,19,24). The van der Waals surface area contributed by atoms with E-state index >= 15 is 0 Å². The van der Waals surface area contributed by atoms with Gasteiger partial charge in [0.1, 0.15) is 5.82 Å². The van der Waals surface area contributed by atoms with E-state index in [1.807, 2.05) is 0 Å². The molecule has 9 nitrogen and oxygen atoms in total. The molecule has 0 aliphatic heterocycles. The Hall–Kier alpha value is -3.01. The highest BCUT2D eigenvalue weighted by atomic mass is 32.2. The van der Waals surface area contributed by atoms with Gasteiger partial charge in [0.25, 0.3) is 5.56 Å². The van der Waals surface area contributed by atoms with Crippen LogP contribution >= 0.6 is 11.8 Å². The number of methoxy groups -OCH3 is 2. The second kappa shape index (κ2) is 7.70. The summed E-state index contributed by atoms with van der Waals surface area (Å²) in [5.74, 6) is 1.54. The Kier molecular flexibility index (Phi) is 5.36. The molecule has 2 heterocycles. The Morgan fingerprint density at radius 1 is 1.26 bits per heavy atom. The Morgan fingerprint density at radius 2 is 2.00 bits per heavy atom. The molecule has 3 aromatic rings. The number of aryl methyl sites for hydroxylation is 2. The first kappa shape index (κ1) is 18.8. The van der Waals surface area contributed by atoms with Gasteiger partial charge in [-0.15, -0.1) is 0 Å². The number of carbonyl (C=O) groups excluding carboxylic acids is 1. The molecule has 2 N–H and O–H groups in total. The van der Waals surface area contributed by atoms with Crippen LogP contribution in [0.2, 0.25) is 0 Å². The number of hydrogen-bond donors (Lipinski definition) is 2. The van der Waals surface area contributed by atoms with Gasteiger partial charge in [0, 0.05) is 18.8 Å². The predicted molar refractivity (Wildman–Crippen MR) is 103 cm³/mol. The van der Waals surface area contributed by atoms with Crippen LogP contribution in [-0.2, 0) is 11.8 Å². The average Bonchev–Trinajstić information content (AvgIpc) is 2.96. The molecule has 3 rings (SSSR count). The molecule has 27 heavy (non-hydrogen) atoms. The summed E-state index contributed by atoms with van der Waals surface area (Å²) in [5.41, 5.74) is 1.04. The quantitative estimate of drug-likeness (QED) is 0.617. The number of aromatic amines is 1. The summed E-state index contributed by atoms with van der Waals surface area (Å²) < 4.78 is 12.1. The van der Waals surface area contributed by atoms with Gasteiger partial charge in [-0.25, -0.2) is 9.97 Å². The molecule has 0 unspecified atom stereocenters. The Bertz CT molecular complexity index is 1060. The Morgan fingerprint density at radius 3 is 2.70 bits per heavy atom. The molecule has 1 aromatic carbocycles. The number of benzene rings is 1. The van der Waals surface area contributed by atoms with Gasteiger partial charge in [-0.2, -0.15) is 0 Å². The summed E-state index contributed by atoms with van der Waals surface area (Å²) in [7, 11) is 4.84. The van der Waals surface area contributed by atoms with Crippen molar-refractivity contribution in [2.24, 2.45) is 7.05 Å². The molecule has 0 fully saturated rings. The number of fused-ring (bicyclic) bond motifs is 1. The number of H-pyrrole nitrogens is 1. The van der Waals surface area contributed by atoms with E-state index < -0.39 is 0 Å². The molecule has 0 atom stereocenters. The third-order valence-corrected chi connectivity index (χ3v) is 4.84. The second-order valence-electron chi connectivity index (χ2n) is 5.68. The van der Waals surface area contributed by atoms with Crippen molar-refractivity contribution >= 4 is 34.5 Å². The number of hydrogen-bond acceptors (Lipinski definition) is 7. The van der Waals surface area contributed by atoms with E-state index in [2.05, 4.69) is 20.3 Å². The van der Waals surface area contributed by atoms with E-state index in [4.69, 9.17) is 9.47 Å². The Labute approximate surface area is 159 Å². The van der Waals surface area contributed by atoms with E-state index in [1.54, 1.807) is 43.8 Å². The highest BCUT2D eigenvalue weighted by Gasteiger charge is 2.15. The van der Waals surface area contributed by atoms with Crippen molar-refractivity contribution in [3.8, 4) is 11.5 Å². The van der Waals surface area contributed by atoms with Crippen LogP contribution in [0.25, 0.3) is 11.2 Å². The lowest BCUT2D eigenvalue weighted by atomic mass is 10.2. The van der Waals surface area contributed by atoms with E-state index in [0.29, 0.717) is 33.8 Å². The smallest absolute Gasteiger partial charge is 0.279 e. The summed E-state index contributed by atoms with van der Waals surface area (Å²) in [5, 5.41) is 3.33. The number of anilines is 1. The topological polar surface area (TPSA) is 111 Å². The highest BCUT2D eigenvalue weighted by Crippen LogP contribution is 2.30. The Balaban J connectivity index is 1.71. The molecule has 0 saturated carbocycles. The minimum Gasteiger partial charge on any atom is -0.493 e. The first-order valence-electron chi connectivity index (χ1n) is 8.01. The molecule has 0 aliphatic rings. The number of rotatable bonds is 6. The fourth-order valence-corrected chi connectivity index (χ4v) is 3.30. The fraction of sp³-hybridized carbons (Fsp3) is 0.294. The zero-order valence-electron chi connectivity index (χ0n) is 15.3. The monoisotopic (exact) mass is 389 g/mol. The third kappa shape index (κ3) is 3.90. The number of ether oxygens (including phenoxy) is 2. The van der Waals surface area contributed by atoms with Crippen molar-refractivity contribution in [1.29, 1.82) is 0 Å². The molecular weight excluding hydrogens is 370 g/mol. The van der Waals surface area contributed by atoms with Gasteiger partial charge in [0.05, 0.1) is 20.0 Å². The van der Waals surface area contributed by atoms with Crippen molar-refractivity contribution < 1.29 is 14.3 Å². The van der Waals surface area contributed by atoms with Crippen molar-refractivity contribution in [3.63, 3.8) is 0 Å². The molecular formula is C17H19N5O4S. The molecule has 0 radical (unpaired) electrons. The molecule has 0 aliphatic carbocycles. The van der Waals surface area contributed by atoms with Gasteiger partial charge in [-0.05, 0) is 19.1 Å². The van der Waals surface area contributed by atoms with Crippen LogP contribution in [0.5, 0.6) is 11.5 Å². The number of aromatic nitrogens is 4. The van der Waals surface area contributed by atoms with E-state index in [0.717, 1.165) is 0 Å². The van der Waals surface area contributed by atoms with Gasteiger partial charge in [-0.3, -0.25) is 9.59 Å². The van der Waals surface area contributed by atoms with Crippen LogP contribution in [-0.4, -0.2) is 45.4 Å². The van der Waals surface area contributed by atoms with Crippen LogP contribution in [0.4, 0.5) is 5.69 Å². The number of carbonyl (C=O) groups is 1. The maximum atomic E-state index is 12.3. The van der Waals surface area contributed by atoms with Crippen LogP contribution in [0.1, 0.15) is 5.82 Å². The first-order valence-corrected chi connectivity index (χ1v) is 8.99. The highest BCUT2D eigenvalue weighted by molar-refractivity contribution is 7.99. The van der Waals surface area contributed by atoms with Crippen molar-refractivity contribution in [3.05, 3.63) is 34.4 Å². The van der Waals surface area contributed by atoms with Crippen molar-refractivity contribution in [2.45, 2.75) is 12.1 Å². The summed E-state index contributed by atoms with van der Waals surface area (Å²) in [6, 6.07) is 5.13. The summed E-state index contributed by atoms with van der Waals surface area (Å²) in [6.45, 7) is 1.71. The lowest BCUT2D eigenvalue weighted by Gasteiger charge is -2.10. The van der Waals surface area contributed by atoms with E-state index in [1.165, 1.54) is 18.9 Å². The number of thioether (sulfide) groups is 1. The maximum absolute atomic E-state index is 12.3. The average molecular weight is 389 g/mol. The van der Waals surface area contributed by atoms with E-state index in [-0.39, 0.29) is 22.7 Å². The molecule has 1 amide bonds. The van der Waals surface area contributed by atoms with Crippen LogP contribution in [0, 0.1) is 6.92 Å². The second-order valence-corrected chi connectivity index (χ2v) is 6.63. The molecule has 142 valence electrons. The van der Waals surface area contributed by atoms with Crippen molar-refractivity contribution in [1.82, 2.24) is 19.5 Å². The predicted octanol–water partition coefficient (Wildman–Crippen LogP) is 1.71. The molecule has 10 heteroatoms. The van der Waals surface area contributed by atoms with E-state index in [9.17, 15) is 9.59 Å². The van der Waals surface area contributed by atoms with Gasteiger partial charge >= 0.3 is 0 Å². The minimum absolute atomic E-state index is 0.127. The summed E-state index contributed by atoms with van der Waals surface area (Å²) in [6.07, 6.45) is 0. The molecule has 2 aromatic heterocycles. The summed E-state index contributed by atoms with van der Waals surface area (Å²) >= 11 is 1.22. The van der Waals surface area contributed by atoms with Crippen LogP contribution < -0.4 is 20.3 Å². The van der Waals surface area contributed by atoms with Gasteiger partial charge in [0.15, 0.2) is 27.8 Å². The largest absolute Gasteiger partial charge is 0.493 e. The maximum Gasteiger partial charge on any atom is 0.279 e. The van der Waals surface area contributed by atoms with Gasteiger partial charge < -0.3 is 24.3 Å². The normalized spacial score (nSPS) is 10.8.